The van der Waals surface area contributed by atoms with Gasteiger partial charge in [0.05, 0.1) is 0 Å². The molecule has 0 radical (unpaired) electrons. The Hall–Kier alpha value is -1.62. The molecule has 0 aromatic carbocycles. The van der Waals surface area contributed by atoms with Crippen LogP contribution >= 0.6 is 0 Å². The van der Waals surface area contributed by atoms with Crippen LogP contribution < -0.4 is 5.73 Å². The summed E-state index contributed by atoms with van der Waals surface area (Å²) in [5, 5.41) is 0. The Bertz CT molecular complexity index is 575. The Morgan fingerprint density at radius 2 is 2.14 bits per heavy atom. The number of carbonyl (C=O) groups is 2. The van der Waals surface area contributed by atoms with Crippen LogP contribution in [0.25, 0.3) is 0 Å². The van der Waals surface area contributed by atoms with E-state index < -0.39 is 0 Å². The first-order valence-corrected chi connectivity index (χ1v) is 8.14. The number of nitrogens with one attached hydrogen (secondary N) is 1. The Labute approximate surface area is 132 Å². The summed E-state index contributed by atoms with van der Waals surface area (Å²) in [5.74, 6) is 0.362. The van der Waals surface area contributed by atoms with Crippen LogP contribution in [0.3, 0.4) is 0 Å². The minimum absolute atomic E-state index is 0.00204. The molecule has 0 spiro atoms. The third-order valence-corrected chi connectivity index (χ3v) is 4.70. The van der Waals surface area contributed by atoms with E-state index in [0.29, 0.717) is 30.1 Å². The summed E-state index contributed by atoms with van der Waals surface area (Å²) in [6, 6.07) is 0.0967. The molecule has 3 N–H and O–H groups in total. The number of rotatable bonds is 4. The maximum Gasteiger partial charge on any atom is 0.270 e. The number of nitrogens with zero attached hydrogens (tertiary/aromatic N) is 1. The van der Waals surface area contributed by atoms with Gasteiger partial charge in [0.1, 0.15) is 5.69 Å². The van der Waals surface area contributed by atoms with Crippen molar-refractivity contribution in [1.29, 1.82) is 0 Å². The molecular formula is C17H27N3O2. The predicted molar refractivity (Wildman–Crippen MR) is 87.2 cm³/mol. The second-order valence-electron chi connectivity index (χ2n) is 6.40. The lowest BCUT2D eigenvalue weighted by molar-refractivity contribution is 0.0654. The van der Waals surface area contributed by atoms with E-state index in [2.05, 4.69) is 4.98 Å². The first-order valence-electron chi connectivity index (χ1n) is 8.14. The molecule has 1 aromatic rings. The zero-order valence-electron chi connectivity index (χ0n) is 14.0. The Balaban J connectivity index is 2.30. The maximum absolute atomic E-state index is 12.9. The lowest BCUT2D eigenvalue weighted by Gasteiger charge is -2.34. The number of carbonyl (C=O) groups excluding carboxylic acids is 2. The number of piperidine rings is 1. The van der Waals surface area contributed by atoms with E-state index in [0.717, 1.165) is 30.6 Å². The molecule has 122 valence electrons. The first-order chi connectivity index (χ1) is 10.4. The van der Waals surface area contributed by atoms with E-state index in [1.54, 1.807) is 6.92 Å². The number of amides is 1. The lowest BCUT2D eigenvalue weighted by atomic mass is 9.92. The van der Waals surface area contributed by atoms with Crippen molar-refractivity contribution in [2.24, 2.45) is 11.7 Å². The lowest BCUT2D eigenvalue weighted by Crippen LogP contribution is -2.45. The fraction of sp³-hybridized carbons (Fsp3) is 0.647. The Morgan fingerprint density at radius 3 is 2.68 bits per heavy atom. The molecule has 1 fully saturated rings. The Kier molecular flexibility index (Phi) is 5.06. The van der Waals surface area contributed by atoms with Crippen LogP contribution in [0, 0.1) is 12.8 Å². The number of ketones is 1. The zero-order chi connectivity index (χ0) is 16.4. The summed E-state index contributed by atoms with van der Waals surface area (Å²) in [6.07, 6.45) is 2.73. The normalized spacial score (nSPS) is 20.0. The molecule has 2 unspecified atom stereocenters. The smallest absolute Gasteiger partial charge is 0.270 e. The maximum atomic E-state index is 12.9. The van der Waals surface area contributed by atoms with Crippen LogP contribution in [0.1, 0.15) is 65.7 Å². The highest BCUT2D eigenvalue weighted by molar-refractivity contribution is 6.02. The fourth-order valence-electron chi connectivity index (χ4n) is 3.47. The molecule has 1 saturated heterocycles. The van der Waals surface area contributed by atoms with Crippen LogP contribution in [0.5, 0.6) is 0 Å². The number of Topliss-reactive ketones (excluding diaryl/α,β-unsaturated/α-hetero) is 1. The van der Waals surface area contributed by atoms with Gasteiger partial charge < -0.3 is 15.6 Å². The molecule has 22 heavy (non-hydrogen) atoms. The highest BCUT2D eigenvalue weighted by Crippen LogP contribution is 2.25. The highest BCUT2D eigenvalue weighted by atomic mass is 16.2. The molecule has 1 amide bonds. The molecule has 1 aromatic heterocycles. The minimum atomic E-state index is -0.00204. The number of hydrogen-bond donors (Lipinski definition) is 2. The summed E-state index contributed by atoms with van der Waals surface area (Å²) in [7, 11) is 0. The van der Waals surface area contributed by atoms with Gasteiger partial charge in [-0.1, -0.05) is 6.92 Å². The van der Waals surface area contributed by atoms with Crippen molar-refractivity contribution < 1.29 is 9.59 Å². The van der Waals surface area contributed by atoms with E-state index >= 15 is 0 Å². The van der Waals surface area contributed by atoms with Gasteiger partial charge in [-0.2, -0.15) is 0 Å². The molecule has 0 bridgehead atoms. The van der Waals surface area contributed by atoms with Gasteiger partial charge in [-0.25, -0.2) is 0 Å². The highest BCUT2D eigenvalue weighted by Gasteiger charge is 2.30. The zero-order valence-corrected chi connectivity index (χ0v) is 14.0. The number of aromatic nitrogens is 1. The molecular weight excluding hydrogens is 278 g/mol. The summed E-state index contributed by atoms with van der Waals surface area (Å²) in [5.41, 5.74) is 8.88. The van der Waals surface area contributed by atoms with Crippen LogP contribution in [-0.4, -0.2) is 40.7 Å². The second-order valence-corrected chi connectivity index (χ2v) is 6.40. The fourth-order valence-corrected chi connectivity index (χ4v) is 3.47. The molecule has 2 atom stereocenters. The van der Waals surface area contributed by atoms with Crippen LogP contribution in [-0.2, 0) is 6.42 Å². The molecule has 0 aliphatic carbocycles. The summed E-state index contributed by atoms with van der Waals surface area (Å²) in [6.45, 7) is 8.85. The van der Waals surface area contributed by atoms with E-state index in [9.17, 15) is 9.59 Å². The quantitative estimate of drug-likeness (QED) is 0.838. The minimum Gasteiger partial charge on any atom is -0.354 e. The summed E-state index contributed by atoms with van der Waals surface area (Å²) < 4.78 is 0. The largest absolute Gasteiger partial charge is 0.354 e. The second kappa shape index (κ2) is 6.65. The molecule has 1 aliphatic rings. The van der Waals surface area contributed by atoms with Crippen molar-refractivity contribution in [3.63, 3.8) is 0 Å². The number of hydrogen-bond acceptors (Lipinski definition) is 3. The Morgan fingerprint density at radius 1 is 1.45 bits per heavy atom. The summed E-state index contributed by atoms with van der Waals surface area (Å²) >= 11 is 0. The molecule has 0 saturated carbocycles. The first kappa shape index (κ1) is 16.7. The van der Waals surface area contributed by atoms with Gasteiger partial charge >= 0.3 is 0 Å². The van der Waals surface area contributed by atoms with Crippen LogP contribution in [0.15, 0.2) is 0 Å². The number of H-pyrrole nitrogens is 1. The van der Waals surface area contributed by atoms with E-state index in [4.69, 9.17) is 5.73 Å². The van der Waals surface area contributed by atoms with Gasteiger partial charge in [-0.05, 0) is 51.5 Å². The van der Waals surface area contributed by atoms with E-state index in [-0.39, 0.29) is 17.7 Å². The predicted octanol–water partition coefficient (Wildman–Crippen LogP) is 2.29. The van der Waals surface area contributed by atoms with Gasteiger partial charge in [0.25, 0.3) is 5.91 Å². The van der Waals surface area contributed by atoms with E-state index in [1.165, 1.54) is 0 Å². The SMILES string of the molecule is CCc1c(C(=O)N2CCCC(C(C)N)C2)[nH]c(C)c1C(C)=O. The van der Waals surface area contributed by atoms with Gasteiger partial charge in [-0.3, -0.25) is 9.59 Å². The third-order valence-electron chi connectivity index (χ3n) is 4.70. The number of aromatic amines is 1. The summed E-state index contributed by atoms with van der Waals surface area (Å²) in [4.78, 5) is 29.7. The van der Waals surface area contributed by atoms with Gasteiger partial charge in [-0.15, -0.1) is 0 Å². The average Bonchev–Trinajstić information content (AvgIpc) is 2.83. The van der Waals surface area contributed by atoms with Crippen molar-refractivity contribution >= 4 is 11.7 Å². The van der Waals surface area contributed by atoms with Crippen molar-refractivity contribution in [2.75, 3.05) is 13.1 Å². The standard InChI is InChI=1S/C17H27N3O2/c1-5-14-15(12(4)21)11(3)19-16(14)17(22)20-8-6-7-13(9-20)10(2)18/h10,13,19H,5-9,18H2,1-4H3. The van der Waals surface area contributed by atoms with Crippen molar-refractivity contribution in [2.45, 2.75) is 53.0 Å². The number of nitrogens with two attached hydrogens (primary N) is 1. The molecule has 5 nitrogen and oxygen atoms in total. The number of aryl methyl sites for hydroxylation is 1. The molecule has 1 aliphatic heterocycles. The third kappa shape index (κ3) is 3.09. The molecule has 2 rings (SSSR count). The van der Waals surface area contributed by atoms with Gasteiger partial charge in [0.2, 0.25) is 0 Å². The van der Waals surface area contributed by atoms with Crippen LogP contribution in [0.2, 0.25) is 0 Å². The molecule has 2 heterocycles. The van der Waals surface area contributed by atoms with Crippen LogP contribution in [0.4, 0.5) is 0 Å². The van der Waals surface area contributed by atoms with Gasteiger partial charge in [0.15, 0.2) is 5.78 Å². The number of likely N-dealkylation sites (tertiary alicyclic amines) is 1. The van der Waals surface area contributed by atoms with Crippen molar-refractivity contribution in [3.8, 4) is 0 Å². The average molecular weight is 305 g/mol. The van der Waals surface area contributed by atoms with Crippen molar-refractivity contribution in [1.82, 2.24) is 9.88 Å². The topological polar surface area (TPSA) is 79.2 Å². The molecule has 5 heteroatoms. The monoisotopic (exact) mass is 305 g/mol. The van der Waals surface area contributed by atoms with E-state index in [1.807, 2.05) is 25.7 Å². The van der Waals surface area contributed by atoms with Gasteiger partial charge in [0, 0.05) is 30.4 Å². The van der Waals surface area contributed by atoms with Crippen molar-refractivity contribution in [3.05, 3.63) is 22.5 Å².